The van der Waals surface area contributed by atoms with E-state index in [0.717, 1.165) is 21.6 Å². The Balaban J connectivity index is 0.000000350. The number of aromatic amines is 1. The number of fused-ring (bicyclic) bond motifs is 3. The molecule has 11 nitrogen and oxygen atoms in total. The predicted octanol–water partition coefficient (Wildman–Crippen LogP) is 1.53. The van der Waals surface area contributed by atoms with Gasteiger partial charge in [0.25, 0.3) is 5.91 Å². The summed E-state index contributed by atoms with van der Waals surface area (Å²) in [5.74, 6) is -3.49. The minimum Gasteiger partial charge on any atom is -0.478 e. The lowest BCUT2D eigenvalue weighted by molar-refractivity contribution is -0.134. The number of nitrogens with zero attached hydrogens (tertiary/aromatic N) is 3. The summed E-state index contributed by atoms with van der Waals surface area (Å²) in [4.78, 5) is 41.0. The summed E-state index contributed by atoms with van der Waals surface area (Å²) in [6, 6.07) is 4.26. The summed E-state index contributed by atoms with van der Waals surface area (Å²) >= 11 is 0. The summed E-state index contributed by atoms with van der Waals surface area (Å²) < 4.78 is 40.0. The Labute approximate surface area is 193 Å². The van der Waals surface area contributed by atoms with Gasteiger partial charge in [0.05, 0.1) is 30.4 Å². The van der Waals surface area contributed by atoms with Crippen LogP contribution in [0.5, 0.6) is 0 Å². The van der Waals surface area contributed by atoms with Crippen molar-refractivity contribution in [1.29, 1.82) is 0 Å². The van der Waals surface area contributed by atoms with Crippen molar-refractivity contribution in [2.75, 3.05) is 12.8 Å². The summed E-state index contributed by atoms with van der Waals surface area (Å²) in [6.07, 6.45) is 4.02. The number of carboxylic acid groups (broad SMARTS) is 2. The second-order valence-corrected chi connectivity index (χ2v) is 9.28. The number of aryl methyl sites for hydroxylation is 1. The molecule has 0 radical (unpaired) electrons. The first kappa shape index (κ1) is 24.6. The number of nitrogens with one attached hydrogen (secondary N) is 1. The summed E-state index contributed by atoms with van der Waals surface area (Å²) in [5.41, 5.74) is 2.15. The number of halogens is 1. The Morgan fingerprint density at radius 1 is 1.24 bits per heavy atom. The maximum Gasteiger partial charge on any atom is 0.328 e. The number of para-hydroxylation sites is 1. The van der Waals surface area contributed by atoms with Gasteiger partial charge in [0, 0.05) is 41.9 Å². The molecule has 0 unspecified atom stereocenters. The standard InChI is InChI=1S/C17H17FN4O3S.C4H4O4/c1-10-13(20-9-19-10)8-21-7-6-14-15(17(21)23)11-4-3-5-12(18)16(11)22(14)26(2,24)25;5-3(6)1-2-4(7)8/h3-5,9H,6-8H2,1-2H3,(H,19,20);1-2H,(H,5,6)(H,7,8). The Hall–Kier alpha value is -4.00. The van der Waals surface area contributed by atoms with Gasteiger partial charge in [-0.25, -0.2) is 31.4 Å². The number of carboxylic acids is 2. The van der Waals surface area contributed by atoms with E-state index in [2.05, 4.69) is 9.97 Å². The van der Waals surface area contributed by atoms with E-state index in [1.165, 1.54) is 12.1 Å². The van der Waals surface area contributed by atoms with Gasteiger partial charge >= 0.3 is 11.9 Å². The molecular formula is C21H21FN4O7S. The third-order valence-corrected chi connectivity index (χ3v) is 6.15. The summed E-state index contributed by atoms with van der Waals surface area (Å²) in [7, 11) is -3.76. The van der Waals surface area contributed by atoms with Crippen molar-refractivity contribution < 1.29 is 37.4 Å². The van der Waals surface area contributed by atoms with Crippen LogP contribution in [-0.4, -0.2) is 68.1 Å². The van der Waals surface area contributed by atoms with Crippen LogP contribution < -0.4 is 0 Å². The largest absolute Gasteiger partial charge is 0.478 e. The van der Waals surface area contributed by atoms with Gasteiger partial charge in [0.1, 0.15) is 11.3 Å². The minimum atomic E-state index is -3.76. The molecule has 0 bridgehead atoms. The Morgan fingerprint density at radius 2 is 1.88 bits per heavy atom. The molecule has 4 rings (SSSR count). The molecule has 0 fully saturated rings. The first-order chi connectivity index (χ1) is 15.9. The Morgan fingerprint density at radius 3 is 2.41 bits per heavy atom. The van der Waals surface area contributed by atoms with E-state index in [1.54, 1.807) is 17.3 Å². The van der Waals surface area contributed by atoms with Gasteiger partial charge < -0.3 is 20.1 Å². The Kier molecular flexibility index (Phi) is 6.86. The fourth-order valence-electron chi connectivity index (χ4n) is 3.67. The molecule has 1 aliphatic rings. The van der Waals surface area contributed by atoms with E-state index in [9.17, 15) is 27.2 Å². The highest BCUT2D eigenvalue weighted by Gasteiger charge is 2.34. The lowest BCUT2D eigenvalue weighted by Gasteiger charge is -2.27. The number of benzene rings is 1. The van der Waals surface area contributed by atoms with Crippen molar-refractivity contribution in [3.63, 3.8) is 0 Å². The highest BCUT2D eigenvalue weighted by atomic mass is 32.2. The molecule has 3 aromatic rings. The van der Waals surface area contributed by atoms with Gasteiger partial charge in [0.2, 0.25) is 10.0 Å². The van der Waals surface area contributed by atoms with Crippen molar-refractivity contribution in [2.24, 2.45) is 0 Å². The number of imidazole rings is 1. The highest BCUT2D eigenvalue weighted by Crippen LogP contribution is 2.33. The maximum absolute atomic E-state index is 14.4. The van der Waals surface area contributed by atoms with Crippen LogP contribution in [0.15, 0.2) is 36.7 Å². The molecule has 180 valence electrons. The monoisotopic (exact) mass is 492 g/mol. The first-order valence-corrected chi connectivity index (χ1v) is 11.7. The smallest absolute Gasteiger partial charge is 0.328 e. The highest BCUT2D eigenvalue weighted by molar-refractivity contribution is 7.89. The van der Waals surface area contributed by atoms with Gasteiger partial charge in [0.15, 0.2) is 0 Å². The predicted molar refractivity (Wildman–Crippen MR) is 118 cm³/mol. The number of aliphatic carboxylic acids is 2. The maximum atomic E-state index is 14.4. The van der Waals surface area contributed by atoms with Crippen LogP contribution in [0.2, 0.25) is 0 Å². The van der Waals surface area contributed by atoms with Crippen LogP contribution in [0.1, 0.15) is 27.4 Å². The zero-order valence-electron chi connectivity index (χ0n) is 18.1. The number of rotatable bonds is 5. The average molecular weight is 492 g/mol. The first-order valence-electron chi connectivity index (χ1n) is 9.86. The lowest BCUT2D eigenvalue weighted by atomic mass is 10.0. The molecule has 13 heteroatoms. The SMILES string of the molecule is Cc1[nH]cnc1CN1CCc2c(c3cccc(F)c3n2S(C)(=O)=O)C1=O.O=C(O)C=CC(=O)O. The topological polar surface area (TPSA) is 163 Å². The minimum absolute atomic E-state index is 0.0637. The molecule has 0 atom stereocenters. The van der Waals surface area contributed by atoms with Crippen molar-refractivity contribution >= 4 is 38.8 Å². The van der Waals surface area contributed by atoms with Crippen LogP contribution >= 0.6 is 0 Å². The number of carbonyl (C=O) groups is 3. The van der Waals surface area contributed by atoms with Gasteiger partial charge in [-0.15, -0.1) is 0 Å². The fourth-order valence-corrected chi connectivity index (χ4v) is 4.77. The van der Waals surface area contributed by atoms with Crippen molar-refractivity contribution in [3.8, 4) is 0 Å². The van der Waals surface area contributed by atoms with Gasteiger partial charge in [-0.1, -0.05) is 12.1 Å². The van der Waals surface area contributed by atoms with E-state index in [1.807, 2.05) is 6.92 Å². The lowest BCUT2D eigenvalue weighted by Crippen LogP contribution is -2.38. The summed E-state index contributed by atoms with van der Waals surface area (Å²) in [6.45, 7) is 2.52. The zero-order chi connectivity index (χ0) is 25.2. The molecule has 0 spiro atoms. The van der Waals surface area contributed by atoms with E-state index in [-0.39, 0.29) is 17.0 Å². The number of amides is 1. The normalized spacial score (nSPS) is 13.6. The zero-order valence-corrected chi connectivity index (χ0v) is 19.0. The molecule has 0 saturated heterocycles. The third-order valence-electron chi connectivity index (χ3n) is 5.09. The van der Waals surface area contributed by atoms with Crippen molar-refractivity contribution in [1.82, 2.24) is 18.8 Å². The summed E-state index contributed by atoms with van der Waals surface area (Å²) in [5, 5.41) is 15.9. The van der Waals surface area contributed by atoms with E-state index >= 15 is 0 Å². The third kappa shape index (κ3) is 4.98. The van der Waals surface area contributed by atoms with Crippen LogP contribution in [-0.2, 0) is 32.6 Å². The number of hydrogen-bond donors (Lipinski definition) is 3. The molecule has 3 N–H and O–H groups in total. The molecule has 1 amide bonds. The number of aromatic nitrogens is 3. The van der Waals surface area contributed by atoms with Crippen LogP contribution in [0.25, 0.3) is 10.9 Å². The fraction of sp³-hybridized carbons (Fsp3) is 0.238. The number of hydrogen-bond acceptors (Lipinski definition) is 6. The van der Waals surface area contributed by atoms with Crippen LogP contribution in [0, 0.1) is 12.7 Å². The van der Waals surface area contributed by atoms with E-state index in [4.69, 9.17) is 10.2 Å². The quantitative estimate of drug-likeness (QED) is 0.452. The second-order valence-electron chi connectivity index (χ2n) is 7.45. The molecule has 1 aromatic carbocycles. The molecule has 2 aromatic heterocycles. The van der Waals surface area contributed by atoms with Gasteiger partial charge in [-0.3, -0.25) is 4.79 Å². The van der Waals surface area contributed by atoms with Crippen molar-refractivity contribution in [2.45, 2.75) is 19.9 Å². The Bertz CT molecular complexity index is 1410. The van der Waals surface area contributed by atoms with E-state index < -0.39 is 27.8 Å². The average Bonchev–Trinajstić information content (AvgIpc) is 3.31. The number of H-pyrrole nitrogens is 1. The van der Waals surface area contributed by atoms with Gasteiger partial charge in [-0.2, -0.15) is 0 Å². The van der Waals surface area contributed by atoms with Crippen molar-refractivity contribution in [3.05, 3.63) is 65.1 Å². The van der Waals surface area contributed by atoms with Crippen LogP contribution in [0.3, 0.4) is 0 Å². The van der Waals surface area contributed by atoms with Gasteiger partial charge in [-0.05, 0) is 13.0 Å². The molecule has 1 aliphatic heterocycles. The molecule has 0 saturated carbocycles. The van der Waals surface area contributed by atoms with Crippen LogP contribution in [0.4, 0.5) is 4.39 Å². The molecule has 3 heterocycles. The molecular weight excluding hydrogens is 471 g/mol. The number of carbonyl (C=O) groups excluding carboxylic acids is 1. The molecule has 0 aliphatic carbocycles. The van der Waals surface area contributed by atoms with E-state index in [0.29, 0.717) is 42.7 Å². The second kappa shape index (κ2) is 9.47. The molecule has 34 heavy (non-hydrogen) atoms.